The van der Waals surface area contributed by atoms with Crippen molar-refractivity contribution in [1.82, 2.24) is 0 Å². The Kier molecular flexibility index (Phi) is 8.89. The Morgan fingerprint density at radius 1 is 0.371 bits per heavy atom. The molecule has 8 aromatic rings. The van der Waals surface area contributed by atoms with Crippen LogP contribution in [-0.2, 0) is 21.7 Å². The normalized spacial score (nSPS) is 14.0. The van der Waals surface area contributed by atoms with E-state index in [2.05, 4.69) is 220 Å². The quantitative estimate of drug-likeness (QED) is 0.166. The molecule has 3 nitrogen and oxygen atoms in total. The molecule has 0 fully saturated rings. The van der Waals surface area contributed by atoms with Crippen LogP contribution < -0.4 is 26.2 Å². The van der Waals surface area contributed by atoms with E-state index in [9.17, 15) is 0 Å². The highest BCUT2D eigenvalue weighted by molar-refractivity contribution is 7.00. The summed E-state index contributed by atoms with van der Waals surface area (Å²) in [6, 6.07) is 53.0. The van der Waals surface area contributed by atoms with Gasteiger partial charge in [-0.15, -0.1) is 0 Å². The van der Waals surface area contributed by atoms with Gasteiger partial charge >= 0.3 is 0 Å². The minimum Gasteiger partial charge on any atom is -0.456 e. The zero-order valence-corrected chi connectivity index (χ0v) is 38.7. The molecule has 3 heterocycles. The molecule has 7 aromatic carbocycles. The second kappa shape index (κ2) is 13.8. The Morgan fingerprint density at radius 2 is 0.871 bits per heavy atom. The van der Waals surface area contributed by atoms with Crippen molar-refractivity contribution in [2.24, 2.45) is 0 Å². The van der Waals surface area contributed by atoms with Crippen molar-refractivity contribution < 1.29 is 4.42 Å². The van der Waals surface area contributed by atoms with Gasteiger partial charge in [-0.1, -0.05) is 156 Å². The minimum atomic E-state index is -0.0997. The van der Waals surface area contributed by atoms with E-state index >= 15 is 0 Å². The van der Waals surface area contributed by atoms with E-state index in [0.29, 0.717) is 0 Å². The Morgan fingerprint density at radius 3 is 1.50 bits per heavy atom. The Balaban J connectivity index is 1.22. The van der Waals surface area contributed by atoms with Crippen molar-refractivity contribution in [2.45, 2.75) is 105 Å². The lowest BCUT2D eigenvalue weighted by molar-refractivity contribution is 0.589. The molecule has 2 aliphatic rings. The van der Waals surface area contributed by atoms with Gasteiger partial charge in [0.2, 0.25) is 0 Å². The van der Waals surface area contributed by atoms with Crippen molar-refractivity contribution in [3.63, 3.8) is 0 Å². The van der Waals surface area contributed by atoms with Crippen molar-refractivity contribution in [3.8, 4) is 11.1 Å². The first-order valence-electron chi connectivity index (χ1n) is 22.5. The number of para-hydroxylation sites is 1. The predicted molar refractivity (Wildman–Crippen MR) is 268 cm³/mol. The van der Waals surface area contributed by atoms with Crippen LogP contribution in [0, 0.1) is 0 Å². The molecule has 0 N–H and O–H groups in total. The van der Waals surface area contributed by atoms with Crippen LogP contribution in [0.15, 0.2) is 144 Å². The average Bonchev–Trinajstić information content (AvgIpc) is 3.60. The highest BCUT2D eigenvalue weighted by atomic mass is 16.3. The van der Waals surface area contributed by atoms with Crippen molar-refractivity contribution in [2.75, 3.05) is 9.80 Å². The molecule has 0 unspecified atom stereocenters. The Labute approximate surface area is 369 Å². The number of nitrogens with zero attached hydrogens (tertiary/aromatic N) is 2. The van der Waals surface area contributed by atoms with E-state index in [4.69, 9.17) is 4.42 Å². The lowest BCUT2D eigenvalue weighted by Crippen LogP contribution is -2.61. The van der Waals surface area contributed by atoms with Crippen LogP contribution in [0.3, 0.4) is 0 Å². The van der Waals surface area contributed by atoms with Crippen LogP contribution in [0.1, 0.15) is 105 Å². The van der Waals surface area contributed by atoms with Crippen molar-refractivity contribution >= 4 is 79.2 Å². The molecule has 2 aliphatic heterocycles. The highest BCUT2D eigenvalue weighted by Crippen LogP contribution is 2.47. The summed E-state index contributed by atoms with van der Waals surface area (Å²) in [4.78, 5) is 5.13. The summed E-state index contributed by atoms with van der Waals surface area (Å²) in [7, 11) is 0. The molecular weight excluding hydrogens is 751 g/mol. The van der Waals surface area contributed by atoms with Gasteiger partial charge in [0, 0.05) is 44.9 Å². The third-order valence-electron chi connectivity index (χ3n) is 13.5. The van der Waals surface area contributed by atoms with E-state index in [0.717, 1.165) is 38.8 Å². The molecule has 0 spiro atoms. The zero-order valence-electron chi connectivity index (χ0n) is 38.7. The number of hydrogen-bond donors (Lipinski definition) is 0. The van der Waals surface area contributed by atoms with Crippen LogP contribution in [0.4, 0.5) is 34.1 Å². The summed E-state index contributed by atoms with van der Waals surface area (Å²) in [6.45, 7) is 28.0. The maximum absolute atomic E-state index is 6.32. The van der Waals surface area contributed by atoms with Crippen LogP contribution in [0.25, 0.3) is 33.1 Å². The zero-order chi connectivity index (χ0) is 43.7. The second-order valence-corrected chi connectivity index (χ2v) is 22.0. The minimum absolute atomic E-state index is 0.0137. The number of rotatable bonds is 3. The molecule has 0 aliphatic carbocycles. The first-order chi connectivity index (χ1) is 29.3. The average molecular weight is 811 g/mol. The molecular formula is C58H59BN2O. The first-order valence-corrected chi connectivity index (χ1v) is 22.5. The third-order valence-corrected chi connectivity index (χ3v) is 13.5. The fourth-order valence-corrected chi connectivity index (χ4v) is 9.74. The largest absolute Gasteiger partial charge is 0.456 e. The van der Waals surface area contributed by atoms with Crippen LogP contribution in [-0.4, -0.2) is 6.71 Å². The van der Waals surface area contributed by atoms with E-state index < -0.39 is 0 Å². The van der Waals surface area contributed by atoms with Crippen molar-refractivity contribution in [3.05, 3.63) is 162 Å². The Bertz CT molecular complexity index is 3050. The maximum atomic E-state index is 6.32. The number of furan rings is 1. The van der Waals surface area contributed by atoms with Crippen LogP contribution in [0.5, 0.6) is 0 Å². The fourth-order valence-electron chi connectivity index (χ4n) is 9.74. The standard InChI is InChI=1S/C58H59BN2O/c1-55(2,3)38-20-26-43(27-21-38)61-49-33-40(57(7,8)9)22-29-46(49)59-47-32-39(56(4,5)6)23-30-48(47)60(50-34-41(58(10,11)12)35-51(61)54(50)59)42-24-17-36(18-25-42)37-19-28-45-44-15-13-14-16-52(44)62-53(45)31-37/h13-35H,1-12H3. The molecule has 62 heavy (non-hydrogen) atoms. The fraction of sp³-hybridized carbons (Fsp3) is 0.276. The Hall–Kier alpha value is -6.00. The molecule has 10 rings (SSSR count). The number of benzene rings is 7. The van der Waals surface area contributed by atoms with Gasteiger partial charge in [-0.3, -0.25) is 0 Å². The van der Waals surface area contributed by atoms with E-state index in [1.165, 1.54) is 67.1 Å². The van der Waals surface area contributed by atoms with Gasteiger partial charge in [-0.25, -0.2) is 0 Å². The number of anilines is 6. The van der Waals surface area contributed by atoms with Gasteiger partial charge < -0.3 is 14.2 Å². The molecule has 0 atom stereocenters. The van der Waals surface area contributed by atoms with E-state index in [1.54, 1.807) is 0 Å². The molecule has 1 aromatic heterocycles. The number of hydrogen-bond acceptors (Lipinski definition) is 3. The summed E-state index contributed by atoms with van der Waals surface area (Å²) in [5.41, 5.74) is 20.8. The van der Waals surface area contributed by atoms with Gasteiger partial charge in [-0.2, -0.15) is 0 Å². The smallest absolute Gasteiger partial charge is 0.252 e. The highest BCUT2D eigenvalue weighted by Gasteiger charge is 2.45. The monoisotopic (exact) mass is 810 g/mol. The molecule has 0 amide bonds. The summed E-state index contributed by atoms with van der Waals surface area (Å²) in [6.07, 6.45) is 0. The van der Waals surface area contributed by atoms with Crippen LogP contribution in [0.2, 0.25) is 0 Å². The summed E-state index contributed by atoms with van der Waals surface area (Å²) < 4.78 is 6.32. The van der Waals surface area contributed by atoms with Gasteiger partial charge in [-0.05, 0) is 138 Å². The first kappa shape index (κ1) is 40.1. The lowest BCUT2D eigenvalue weighted by atomic mass is 9.33. The second-order valence-electron chi connectivity index (χ2n) is 22.0. The molecule has 0 saturated carbocycles. The third kappa shape index (κ3) is 6.57. The van der Waals surface area contributed by atoms with Gasteiger partial charge in [0.25, 0.3) is 6.71 Å². The van der Waals surface area contributed by atoms with Gasteiger partial charge in [0.15, 0.2) is 0 Å². The van der Waals surface area contributed by atoms with E-state index in [1.807, 2.05) is 12.1 Å². The molecule has 4 heteroatoms. The van der Waals surface area contributed by atoms with Gasteiger partial charge in [0.05, 0.1) is 0 Å². The lowest BCUT2D eigenvalue weighted by Gasteiger charge is -2.45. The van der Waals surface area contributed by atoms with Gasteiger partial charge in [0.1, 0.15) is 11.2 Å². The van der Waals surface area contributed by atoms with Crippen molar-refractivity contribution in [1.29, 1.82) is 0 Å². The maximum Gasteiger partial charge on any atom is 0.252 e. The molecule has 0 saturated heterocycles. The molecule has 310 valence electrons. The van der Waals surface area contributed by atoms with Crippen LogP contribution >= 0.6 is 0 Å². The molecule has 0 radical (unpaired) electrons. The summed E-state index contributed by atoms with van der Waals surface area (Å²) in [5, 5.41) is 2.30. The topological polar surface area (TPSA) is 19.6 Å². The number of fused-ring (bicyclic) bond motifs is 7. The van der Waals surface area contributed by atoms with E-state index in [-0.39, 0.29) is 28.4 Å². The summed E-state index contributed by atoms with van der Waals surface area (Å²) >= 11 is 0. The summed E-state index contributed by atoms with van der Waals surface area (Å²) in [5.74, 6) is 0. The SMILES string of the molecule is CC(C)(C)c1ccc(N2c3cc(C(C)(C)C)ccc3B3c4cc(C(C)(C)C)ccc4N(c4ccc(-c5ccc6c(c5)oc5ccccc56)cc4)c4cc(C(C)(C)C)cc2c43)cc1. The predicted octanol–water partition coefficient (Wildman–Crippen LogP) is 14.5. The molecule has 0 bridgehead atoms.